The summed E-state index contributed by atoms with van der Waals surface area (Å²) >= 11 is 0. The van der Waals surface area contributed by atoms with E-state index in [0.717, 1.165) is 16.7 Å². The number of pyridine rings is 1. The second-order valence-electron chi connectivity index (χ2n) is 5.70. The predicted molar refractivity (Wildman–Crippen MR) is 87.2 cm³/mol. The third-order valence-corrected chi connectivity index (χ3v) is 3.66. The van der Waals surface area contributed by atoms with Gasteiger partial charge in [-0.05, 0) is 32.9 Å². The molecule has 1 amide bonds. The average Bonchev–Trinajstić information content (AvgIpc) is 3.10. The molecule has 0 aliphatic heterocycles. The summed E-state index contributed by atoms with van der Waals surface area (Å²) in [5.41, 5.74) is 3.41. The number of aryl methyl sites for hydroxylation is 1. The molecule has 3 aromatic rings. The minimum Gasteiger partial charge on any atom is -0.349 e. The number of carbonyl (C=O) groups excluding carboxylic acids is 1. The van der Waals surface area contributed by atoms with Crippen molar-refractivity contribution < 1.29 is 4.79 Å². The highest BCUT2D eigenvalue weighted by atomic mass is 16.1. The number of nitrogens with one attached hydrogen (secondary N) is 1. The Hall–Kier alpha value is -2.70. The first-order valence-electron chi connectivity index (χ1n) is 7.67. The van der Waals surface area contributed by atoms with Crippen LogP contribution in [0, 0.1) is 6.92 Å². The molecule has 0 aromatic carbocycles. The first-order valence-corrected chi connectivity index (χ1v) is 7.67. The van der Waals surface area contributed by atoms with Crippen molar-refractivity contribution in [1.29, 1.82) is 0 Å². The molecule has 0 aliphatic rings. The molecule has 0 atom stereocenters. The summed E-state index contributed by atoms with van der Waals surface area (Å²) in [6.07, 6.45) is 3.44. The van der Waals surface area contributed by atoms with Crippen LogP contribution in [0.4, 0.5) is 0 Å². The van der Waals surface area contributed by atoms with Gasteiger partial charge in [-0.15, -0.1) is 0 Å². The largest absolute Gasteiger partial charge is 0.349 e. The Morgan fingerprint density at radius 2 is 2.17 bits per heavy atom. The Morgan fingerprint density at radius 1 is 1.35 bits per heavy atom. The second kappa shape index (κ2) is 6.20. The smallest absolute Gasteiger partial charge is 0.269 e. The van der Waals surface area contributed by atoms with E-state index in [1.807, 2.05) is 22.5 Å². The van der Waals surface area contributed by atoms with E-state index in [1.165, 1.54) is 0 Å². The van der Waals surface area contributed by atoms with E-state index in [9.17, 15) is 4.79 Å². The molecular weight excluding hydrogens is 292 g/mol. The number of rotatable bonds is 5. The Morgan fingerprint density at radius 3 is 2.87 bits per heavy atom. The number of hydrogen-bond acceptors (Lipinski definition) is 4. The van der Waals surface area contributed by atoms with E-state index in [4.69, 9.17) is 0 Å². The number of hydrogen-bond donors (Lipinski definition) is 1. The molecule has 0 unspecified atom stereocenters. The molecule has 0 radical (unpaired) electrons. The van der Waals surface area contributed by atoms with Crippen LogP contribution < -0.4 is 5.32 Å². The van der Waals surface area contributed by atoms with Crippen molar-refractivity contribution in [2.75, 3.05) is 6.54 Å². The molecule has 120 valence electrons. The van der Waals surface area contributed by atoms with Crippen LogP contribution in [0.15, 0.2) is 30.6 Å². The zero-order chi connectivity index (χ0) is 16.4. The molecule has 0 saturated heterocycles. The monoisotopic (exact) mass is 312 g/mol. The number of fused-ring (bicyclic) bond motifs is 1. The van der Waals surface area contributed by atoms with Crippen molar-refractivity contribution in [2.45, 2.75) is 33.4 Å². The lowest BCUT2D eigenvalue weighted by molar-refractivity contribution is 0.0947. The molecule has 3 heterocycles. The van der Waals surface area contributed by atoms with Gasteiger partial charge in [0, 0.05) is 18.8 Å². The van der Waals surface area contributed by atoms with Crippen LogP contribution in [-0.4, -0.2) is 37.0 Å². The average molecular weight is 312 g/mol. The van der Waals surface area contributed by atoms with E-state index in [-0.39, 0.29) is 11.9 Å². The van der Waals surface area contributed by atoms with Gasteiger partial charge in [-0.3, -0.25) is 19.1 Å². The fourth-order valence-electron chi connectivity index (χ4n) is 2.60. The normalized spacial score (nSPS) is 11.3. The predicted octanol–water partition coefficient (Wildman–Crippen LogP) is 1.95. The van der Waals surface area contributed by atoms with E-state index in [0.29, 0.717) is 18.8 Å². The van der Waals surface area contributed by atoms with Crippen molar-refractivity contribution in [3.05, 3.63) is 42.0 Å². The van der Waals surface area contributed by atoms with Crippen LogP contribution in [0.5, 0.6) is 0 Å². The van der Waals surface area contributed by atoms with Crippen LogP contribution >= 0.6 is 0 Å². The Kier molecular flexibility index (Phi) is 4.10. The van der Waals surface area contributed by atoms with E-state index in [1.54, 1.807) is 24.4 Å². The minimum atomic E-state index is -0.177. The fraction of sp³-hybridized carbons (Fsp3) is 0.375. The third kappa shape index (κ3) is 2.94. The highest BCUT2D eigenvalue weighted by molar-refractivity contribution is 5.92. The Labute approximate surface area is 134 Å². The summed E-state index contributed by atoms with van der Waals surface area (Å²) in [6.45, 7) is 7.24. The molecule has 3 rings (SSSR count). The summed E-state index contributed by atoms with van der Waals surface area (Å²) in [6, 6.07) is 5.56. The van der Waals surface area contributed by atoms with Gasteiger partial charge >= 0.3 is 0 Å². The lowest BCUT2D eigenvalue weighted by Crippen LogP contribution is -2.28. The lowest BCUT2D eigenvalue weighted by atomic mass is 10.3. The van der Waals surface area contributed by atoms with Crippen molar-refractivity contribution in [3.63, 3.8) is 0 Å². The van der Waals surface area contributed by atoms with Crippen molar-refractivity contribution in [3.8, 4) is 0 Å². The molecule has 7 heteroatoms. The topological polar surface area (TPSA) is 77.6 Å². The molecule has 3 aromatic heterocycles. The summed E-state index contributed by atoms with van der Waals surface area (Å²) in [7, 11) is 0. The van der Waals surface area contributed by atoms with Gasteiger partial charge in [0.05, 0.1) is 18.4 Å². The van der Waals surface area contributed by atoms with Gasteiger partial charge in [0.15, 0.2) is 0 Å². The lowest BCUT2D eigenvalue weighted by Gasteiger charge is -2.05. The van der Waals surface area contributed by atoms with E-state index >= 15 is 0 Å². The molecule has 0 bridgehead atoms. The molecular formula is C16H20N6O. The first-order chi connectivity index (χ1) is 11.1. The number of nitrogens with zero attached hydrogens (tertiary/aromatic N) is 5. The SMILES string of the molecule is Cc1nn(C(C)C)c2cnn(CCNC(=O)c3ccccn3)c12. The molecule has 0 aliphatic carbocycles. The van der Waals surface area contributed by atoms with Crippen molar-refractivity contribution in [1.82, 2.24) is 29.9 Å². The maximum atomic E-state index is 12.0. The van der Waals surface area contributed by atoms with Crippen molar-refractivity contribution in [2.24, 2.45) is 0 Å². The van der Waals surface area contributed by atoms with E-state index in [2.05, 4.69) is 34.3 Å². The maximum Gasteiger partial charge on any atom is 0.269 e. The molecule has 0 spiro atoms. The highest BCUT2D eigenvalue weighted by Crippen LogP contribution is 2.20. The zero-order valence-corrected chi connectivity index (χ0v) is 13.5. The minimum absolute atomic E-state index is 0.177. The van der Waals surface area contributed by atoms with Gasteiger partial charge < -0.3 is 5.32 Å². The Balaban J connectivity index is 1.70. The van der Waals surface area contributed by atoms with Crippen LogP contribution in [0.3, 0.4) is 0 Å². The van der Waals surface area contributed by atoms with Gasteiger partial charge in [-0.2, -0.15) is 10.2 Å². The quantitative estimate of drug-likeness (QED) is 0.781. The van der Waals surface area contributed by atoms with Crippen LogP contribution in [0.25, 0.3) is 11.0 Å². The molecule has 23 heavy (non-hydrogen) atoms. The van der Waals surface area contributed by atoms with Gasteiger partial charge in [0.25, 0.3) is 5.91 Å². The summed E-state index contributed by atoms with van der Waals surface area (Å²) in [5.74, 6) is -0.177. The Bertz CT molecular complexity index is 818. The first kappa shape index (κ1) is 15.2. The van der Waals surface area contributed by atoms with Gasteiger partial charge in [0.2, 0.25) is 0 Å². The van der Waals surface area contributed by atoms with Crippen LogP contribution in [0.1, 0.15) is 36.1 Å². The summed E-state index contributed by atoms with van der Waals surface area (Å²) in [5, 5.41) is 11.8. The molecule has 1 N–H and O–H groups in total. The second-order valence-corrected chi connectivity index (χ2v) is 5.70. The highest BCUT2D eigenvalue weighted by Gasteiger charge is 2.15. The molecule has 0 saturated carbocycles. The number of aromatic nitrogens is 5. The number of carbonyl (C=O) groups is 1. The van der Waals surface area contributed by atoms with Gasteiger partial charge in [0.1, 0.15) is 16.7 Å². The fourth-order valence-corrected chi connectivity index (χ4v) is 2.60. The number of amides is 1. The van der Waals surface area contributed by atoms with E-state index < -0.39 is 0 Å². The maximum absolute atomic E-state index is 12.0. The summed E-state index contributed by atoms with van der Waals surface area (Å²) in [4.78, 5) is 16.0. The van der Waals surface area contributed by atoms with Crippen LogP contribution in [-0.2, 0) is 6.54 Å². The van der Waals surface area contributed by atoms with Crippen LogP contribution in [0.2, 0.25) is 0 Å². The zero-order valence-electron chi connectivity index (χ0n) is 13.5. The molecule has 7 nitrogen and oxygen atoms in total. The third-order valence-electron chi connectivity index (χ3n) is 3.66. The van der Waals surface area contributed by atoms with Gasteiger partial charge in [-0.25, -0.2) is 0 Å². The summed E-state index contributed by atoms with van der Waals surface area (Å²) < 4.78 is 3.86. The standard InChI is InChI=1S/C16H20N6O/c1-11(2)22-14-10-19-21(15(14)12(3)20-22)9-8-18-16(23)13-6-4-5-7-17-13/h4-7,10-11H,8-9H2,1-3H3,(H,18,23). The van der Waals surface area contributed by atoms with Gasteiger partial charge in [-0.1, -0.05) is 6.07 Å². The molecule has 0 fully saturated rings. The van der Waals surface area contributed by atoms with Crippen molar-refractivity contribution >= 4 is 16.9 Å².